The number of halogens is 1. The fourth-order valence-electron chi connectivity index (χ4n) is 2.34. The first-order valence-corrected chi connectivity index (χ1v) is 8.20. The van der Waals surface area contributed by atoms with Crippen molar-refractivity contribution in [1.29, 1.82) is 0 Å². The van der Waals surface area contributed by atoms with E-state index in [1.807, 2.05) is 30.0 Å². The van der Waals surface area contributed by atoms with E-state index < -0.39 is 0 Å². The van der Waals surface area contributed by atoms with Crippen LogP contribution in [0.2, 0.25) is 0 Å². The largest absolute Gasteiger partial charge is 0.492 e. The molecule has 0 radical (unpaired) electrons. The van der Waals surface area contributed by atoms with Gasteiger partial charge in [0.15, 0.2) is 0 Å². The molecule has 1 heterocycles. The lowest BCUT2D eigenvalue weighted by Gasteiger charge is -2.13. The third-order valence-corrected chi connectivity index (χ3v) is 5.11. The van der Waals surface area contributed by atoms with Crippen molar-refractivity contribution in [3.8, 4) is 5.75 Å². The number of ether oxygens (including phenoxy) is 1. The summed E-state index contributed by atoms with van der Waals surface area (Å²) in [6.07, 6.45) is 1.05. The van der Waals surface area contributed by atoms with E-state index in [2.05, 4.69) is 40.2 Å². The summed E-state index contributed by atoms with van der Waals surface area (Å²) in [4.78, 5) is 1.36. The van der Waals surface area contributed by atoms with Gasteiger partial charge >= 0.3 is 0 Å². The molecule has 3 rings (SSSR count). The van der Waals surface area contributed by atoms with E-state index in [0.29, 0.717) is 11.9 Å². The molecule has 1 aliphatic heterocycles. The second-order valence-corrected chi connectivity index (χ2v) is 7.03. The smallest absolute Gasteiger partial charge is 0.124 e. The Kier molecular flexibility index (Phi) is 4.34. The highest BCUT2D eigenvalue weighted by atomic mass is 79.9. The molecular weight excluding hydrogens is 336 g/mol. The predicted octanol–water partition coefficient (Wildman–Crippen LogP) is 4.04. The Hall–Kier alpha value is -0.970. The molecule has 0 fully saturated rings. The van der Waals surface area contributed by atoms with Gasteiger partial charge in [0.05, 0.1) is 6.61 Å². The molecule has 2 aromatic carbocycles. The van der Waals surface area contributed by atoms with Crippen molar-refractivity contribution >= 4 is 27.7 Å². The number of hydrogen-bond acceptors (Lipinski definition) is 3. The van der Waals surface area contributed by atoms with E-state index >= 15 is 0 Å². The van der Waals surface area contributed by atoms with Crippen LogP contribution in [0.3, 0.4) is 0 Å². The predicted molar refractivity (Wildman–Crippen MR) is 85.4 cm³/mol. The fraction of sp³-hybridized carbons (Fsp3) is 0.250. The van der Waals surface area contributed by atoms with Gasteiger partial charge in [-0.05, 0) is 36.2 Å². The minimum atomic E-state index is -0.00713. The fourth-order valence-corrected chi connectivity index (χ4v) is 3.97. The van der Waals surface area contributed by atoms with Crippen LogP contribution in [0, 0.1) is 0 Å². The zero-order chi connectivity index (χ0) is 13.9. The first kappa shape index (κ1) is 14.0. The molecule has 1 unspecified atom stereocenters. The van der Waals surface area contributed by atoms with Crippen LogP contribution < -0.4 is 4.74 Å². The second kappa shape index (κ2) is 6.20. The van der Waals surface area contributed by atoms with Gasteiger partial charge in [-0.3, -0.25) is 0 Å². The third kappa shape index (κ3) is 3.03. The first-order valence-electron chi connectivity index (χ1n) is 6.53. The molecule has 0 saturated heterocycles. The Morgan fingerprint density at radius 1 is 1.25 bits per heavy atom. The van der Waals surface area contributed by atoms with E-state index in [-0.39, 0.29) is 6.61 Å². The molecule has 0 bridgehead atoms. The first-order chi connectivity index (χ1) is 9.76. The highest BCUT2D eigenvalue weighted by Gasteiger charge is 2.22. The quantitative estimate of drug-likeness (QED) is 0.902. The van der Waals surface area contributed by atoms with Crippen LogP contribution in [0.25, 0.3) is 0 Å². The van der Waals surface area contributed by atoms with Crippen molar-refractivity contribution in [3.63, 3.8) is 0 Å². The summed E-state index contributed by atoms with van der Waals surface area (Å²) in [6, 6.07) is 14.2. The maximum absolute atomic E-state index is 9.37. The topological polar surface area (TPSA) is 29.5 Å². The van der Waals surface area contributed by atoms with Gasteiger partial charge in [0.25, 0.3) is 0 Å². The molecule has 1 aliphatic rings. The Labute approximate surface area is 131 Å². The monoisotopic (exact) mass is 350 g/mol. The van der Waals surface area contributed by atoms with Crippen LogP contribution in [0.5, 0.6) is 5.75 Å². The molecule has 1 atom stereocenters. The minimum Gasteiger partial charge on any atom is -0.492 e. The van der Waals surface area contributed by atoms with Crippen molar-refractivity contribution in [2.45, 2.75) is 23.2 Å². The van der Waals surface area contributed by atoms with E-state index in [4.69, 9.17) is 4.74 Å². The summed E-state index contributed by atoms with van der Waals surface area (Å²) in [5.41, 5.74) is 2.23. The summed E-state index contributed by atoms with van der Waals surface area (Å²) in [6.45, 7) is 0.654. The van der Waals surface area contributed by atoms with Crippen LogP contribution >= 0.6 is 27.7 Å². The third-order valence-electron chi connectivity index (χ3n) is 3.33. The lowest BCUT2D eigenvalue weighted by Crippen LogP contribution is -2.14. The van der Waals surface area contributed by atoms with Gasteiger partial charge in [-0.15, -0.1) is 11.8 Å². The average molecular weight is 351 g/mol. The number of fused-ring (bicyclic) bond motifs is 1. The maximum atomic E-state index is 9.37. The van der Waals surface area contributed by atoms with Gasteiger partial charge in [-0.1, -0.05) is 34.1 Å². The van der Waals surface area contributed by atoms with Crippen LogP contribution in [0.4, 0.5) is 0 Å². The summed E-state index contributed by atoms with van der Waals surface area (Å²) in [7, 11) is 0. The summed E-state index contributed by atoms with van der Waals surface area (Å²) in [5, 5.41) is 9.82. The van der Waals surface area contributed by atoms with Crippen molar-refractivity contribution in [2.24, 2.45) is 0 Å². The van der Waals surface area contributed by atoms with Gasteiger partial charge in [-0.25, -0.2) is 0 Å². The Bertz CT molecular complexity index is 590. The van der Waals surface area contributed by atoms with E-state index in [1.54, 1.807) is 0 Å². The number of aliphatic hydroxyl groups is 1. The molecule has 20 heavy (non-hydrogen) atoms. The Morgan fingerprint density at radius 3 is 2.90 bits per heavy atom. The van der Waals surface area contributed by atoms with Crippen LogP contribution in [-0.4, -0.2) is 17.0 Å². The Morgan fingerprint density at radius 2 is 2.10 bits per heavy atom. The van der Waals surface area contributed by atoms with Crippen molar-refractivity contribution in [2.75, 3.05) is 6.61 Å². The molecule has 0 spiro atoms. The number of thioether (sulfide) groups is 1. The Balaban J connectivity index is 1.64. The van der Waals surface area contributed by atoms with E-state index in [9.17, 15) is 5.11 Å². The van der Waals surface area contributed by atoms with E-state index in [1.165, 1.54) is 10.5 Å². The summed E-state index contributed by atoms with van der Waals surface area (Å²) in [5.74, 6) is 0.771. The van der Waals surface area contributed by atoms with Crippen molar-refractivity contribution in [1.82, 2.24) is 0 Å². The standard InChI is InChI=1S/C16H15BrO2S/c17-13-5-6-15(12(7-13)9-18)19-10-14-8-11-3-1-2-4-16(11)20-14/h1-7,14,18H,8-10H2. The van der Waals surface area contributed by atoms with Crippen LogP contribution in [-0.2, 0) is 13.0 Å². The van der Waals surface area contributed by atoms with Crippen LogP contribution in [0.1, 0.15) is 11.1 Å². The molecule has 1 N–H and O–H groups in total. The number of benzene rings is 2. The zero-order valence-electron chi connectivity index (χ0n) is 10.9. The van der Waals surface area contributed by atoms with Crippen molar-refractivity contribution in [3.05, 3.63) is 58.1 Å². The van der Waals surface area contributed by atoms with Gasteiger partial charge in [0.2, 0.25) is 0 Å². The SMILES string of the molecule is OCc1cc(Br)ccc1OCC1Cc2ccccc2S1. The molecule has 0 aromatic heterocycles. The number of aliphatic hydroxyl groups excluding tert-OH is 1. The normalized spacial score (nSPS) is 17.0. The van der Waals surface area contributed by atoms with Gasteiger partial charge in [0.1, 0.15) is 12.4 Å². The molecule has 2 aromatic rings. The average Bonchev–Trinajstić information content (AvgIpc) is 2.88. The van der Waals surface area contributed by atoms with Gasteiger partial charge in [0, 0.05) is 20.2 Å². The number of rotatable bonds is 4. The molecule has 0 amide bonds. The van der Waals surface area contributed by atoms with Crippen molar-refractivity contribution < 1.29 is 9.84 Å². The van der Waals surface area contributed by atoms with Gasteiger partial charge in [-0.2, -0.15) is 0 Å². The lowest BCUT2D eigenvalue weighted by molar-refractivity contribution is 0.263. The molecule has 0 aliphatic carbocycles. The molecule has 0 saturated carbocycles. The molecular formula is C16H15BrO2S. The lowest BCUT2D eigenvalue weighted by atomic mass is 10.1. The minimum absolute atomic E-state index is 0.00713. The van der Waals surface area contributed by atoms with Gasteiger partial charge < -0.3 is 9.84 Å². The molecule has 104 valence electrons. The maximum Gasteiger partial charge on any atom is 0.124 e. The highest BCUT2D eigenvalue weighted by molar-refractivity contribution is 9.10. The summed E-state index contributed by atoms with van der Waals surface area (Å²) >= 11 is 5.28. The van der Waals surface area contributed by atoms with E-state index in [0.717, 1.165) is 22.2 Å². The number of hydrogen-bond donors (Lipinski definition) is 1. The highest BCUT2D eigenvalue weighted by Crippen LogP contribution is 2.37. The zero-order valence-corrected chi connectivity index (χ0v) is 13.3. The summed E-state index contributed by atoms with van der Waals surface area (Å²) < 4.78 is 6.85. The molecule has 2 nitrogen and oxygen atoms in total. The van der Waals surface area contributed by atoms with Crippen LogP contribution in [0.15, 0.2) is 51.8 Å². The second-order valence-electron chi connectivity index (χ2n) is 4.77. The molecule has 4 heteroatoms.